The van der Waals surface area contributed by atoms with Crippen LogP contribution in [0.25, 0.3) is 0 Å². The number of hydrogen-bond acceptors (Lipinski definition) is 2. The molecule has 3 aliphatic rings. The first-order valence-electron chi connectivity index (χ1n) is 7.85. The molecule has 0 bridgehead atoms. The van der Waals surface area contributed by atoms with Crippen molar-refractivity contribution in [2.45, 2.75) is 57.3 Å². The SMILES string of the molecule is [B]C1(C)CCC2C(CCN(C)C23COC3)C(C)(C)C1. The minimum Gasteiger partial charge on any atom is -0.377 e. The minimum absolute atomic E-state index is 0.00516. The fourth-order valence-corrected chi connectivity index (χ4v) is 5.31. The summed E-state index contributed by atoms with van der Waals surface area (Å²) < 4.78 is 5.62. The van der Waals surface area contributed by atoms with Crippen LogP contribution < -0.4 is 0 Å². The lowest BCUT2D eigenvalue weighted by molar-refractivity contribution is -0.200. The van der Waals surface area contributed by atoms with Gasteiger partial charge in [0, 0.05) is 0 Å². The van der Waals surface area contributed by atoms with E-state index in [0.717, 1.165) is 37.9 Å². The van der Waals surface area contributed by atoms with E-state index in [1.807, 2.05) is 0 Å². The normalized spacial score (nSPS) is 45.3. The Bertz CT molecular complexity index is 362. The smallest absolute Gasteiger partial charge is 0.0742 e. The van der Waals surface area contributed by atoms with Crippen LogP contribution in [-0.2, 0) is 4.74 Å². The lowest BCUT2D eigenvalue weighted by atomic mass is 9.57. The third-order valence-corrected chi connectivity index (χ3v) is 6.31. The Balaban J connectivity index is 1.94. The van der Waals surface area contributed by atoms with Crippen molar-refractivity contribution in [3.05, 3.63) is 0 Å². The number of fused-ring (bicyclic) bond motifs is 2. The molecule has 0 aromatic rings. The predicted octanol–water partition coefficient (Wildman–Crippen LogP) is 2.88. The minimum atomic E-state index is 0.00516. The summed E-state index contributed by atoms with van der Waals surface area (Å²) in [6.07, 6.45) is 4.91. The summed E-state index contributed by atoms with van der Waals surface area (Å²) >= 11 is 0. The lowest BCUT2D eigenvalue weighted by Crippen LogP contribution is -2.70. The van der Waals surface area contributed by atoms with Crippen molar-refractivity contribution in [3.63, 3.8) is 0 Å². The van der Waals surface area contributed by atoms with E-state index in [-0.39, 0.29) is 5.31 Å². The summed E-state index contributed by atoms with van der Waals surface area (Å²) in [5.41, 5.74) is 0.676. The molecule has 2 aliphatic heterocycles. The van der Waals surface area contributed by atoms with Gasteiger partial charge in [-0.3, -0.25) is 4.90 Å². The van der Waals surface area contributed by atoms with Crippen molar-refractivity contribution in [3.8, 4) is 0 Å². The molecule has 1 aliphatic carbocycles. The first-order valence-corrected chi connectivity index (χ1v) is 7.85. The highest BCUT2D eigenvalue weighted by atomic mass is 16.5. The number of nitrogens with zero attached hydrogens (tertiary/aromatic N) is 1. The second-order valence-electron chi connectivity index (χ2n) is 8.38. The van der Waals surface area contributed by atoms with Gasteiger partial charge in [-0.2, -0.15) is 0 Å². The van der Waals surface area contributed by atoms with Gasteiger partial charge in [0.2, 0.25) is 0 Å². The summed E-state index contributed by atoms with van der Waals surface area (Å²) in [6, 6.07) is 0. The molecule has 3 heteroatoms. The maximum absolute atomic E-state index is 6.55. The van der Waals surface area contributed by atoms with Gasteiger partial charge in [0.05, 0.1) is 26.6 Å². The van der Waals surface area contributed by atoms with Gasteiger partial charge in [-0.05, 0) is 43.7 Å². The maximum Gasteiger partial charge on any atom is 0.0742 e. The van der Waals surface area contributed by atoms with Gasteiger partial charge in [0.1, 0.15) is 0 Å². The summed E-state index contributed by atoms with van der Waals surface area (Å²) in [4.78, 5) is 2.58. The van der Waals surface area contributed by atoms with E-state index in [4.69, 9.17) is 12.6 Å². The van der Waals surface area contributed by atoms with Gasteiger partial charge in [-0.15, -0.1) is 0 Å². The highest BCUT2D eigenvalue weighted by molar-refractivity contribution is 6.14. The van der Waals surface area contributed by atoms with Crippen molar-refractivity contribution in [2.75, 3.05) is 26.8 Å². The standard InChI is InChI=1S/C16H28BNO/c1-14(2)9-15(3,17)7-5-13-12(14)6-8-18(4)16(13)10-19-11-16/h12-13H,5-11H2,1-4H3. The number of hydrogen-bond donors (Lipinski definition) is 0. The molecule has 2 radical (unpaired) electrons. The average Bonchev–Trinajstić information content (AvgIpc) is 2.30. The van der Waals surface area contributed by atoms with E-state index < -0.39 is 0 Å². The quantitative estimate of drug-likeness (QED) is 0.622. The number of likely N-dealkylation sites (tertiary alicyclic amines) is 1. The molecule has 106 valence electrons. The zero-order valence-electron chi connectivity index (χ0n) is 13.0. The van der Waals surface area contributed by atoms with Crippen LogP contribution in [0.1, 0.15) is 46.5 Å². The predicted molar refractivity (Wildman–Crippen MR) is 79.5 cm³/mol. The Labute approximate surface area is 119 Å². The molecule has 1 spiro atoms. The Hall–Kier alpha value is -0.0151. The van der Waals surface area contributed by atoms with Gasteiger partial charge < -0.3 is 4.74 Å². The van der Waals surface area contributed by atoms with Crippen molar-refractivity contribution in [2.24, 2.45) is 17.3 Å². The summed E-state index contributed by atoms with van der Waals surface area (Å²) in [5, 5.41) is 0.00516. The molecule has 3 unspecified atom stereocenters. The van der Waals surface area contributed by atoms with Crippen LogP contribution in [0.4, 0.5) is 0 Å². The maximum atomic E-state index is 6.55. The Kier molecular flexibility index (Phi) is 3.11. The van der Waals surface area contributed by atoms with E-state index in [1.165, 1.54) is 19.4 Å². The molecule has 3 atom stereocenters. The molecule has 3 rings (SSSR count). The Morgan fingerprint density at radius 2 is 1.79 bits per heavy atom. The zero-order chi connectivity index (χ0) is 13.9. The number of ether oxygens (including phenoxy) is 1. The molecule has 3 fully saturated rings. The van der Waals surface area contributed by atoms with Crippen LogP contribution >= 0.6 is 0 Å². The van der Waals surface area contributed by atoms with Crippen LogP contribution in [0.15, 0.2) is 0 Å². The van der Waals surface area contributed by atoms with Gasteiger partial charge in [0.15, 0.2) is 0 Å². The highest BCUT2D eigenvalue weighted by Gasteiger charge is 2.57. The van der Waals surface area contributed by atoms with E-state index >= 15 is 0 Å². The molecule has 2 heterocycles. The third kappa shape index (κ3) is 2.08. The van der Waals surface area contributed by atoms with Crippen LogP contribution in [0.3, 0.4) is 0 Å². The Morgan fingerprint density at radius 1 is 1.11 bits per heavy atom. The van der Waals surface area contributed by atoms with Crippen molar-refractivity contribution in [1.82, 2.24) is 4.90 Å². The molecule has 2 saturated heterocycles. The molecule has 2 nitrogen and oxygen atoms in total. The Morgan fingerprint density at radius 3 is 2.37 bits per heavy atom. The first-order chi connectivity index (χ1) is 8.77. The van der Waals surface area contributed by atoms with Gasteiger partial charge >= 0.3 is 0 Å². The largest absolute Gasteiger partial charge is 0.377 e. The zero-order valence-corrected chi connectivity index (χ0v) is 13.0. The van der Waals surface area contributed by atoms with E-state index in [9.17, 15) is 0 Å². The fraction of sp³-hybridized carbons (Fsp3) is 1.00. The molecule has 0 aromatic carbocycles. The van der Waals surface area contributed by atoms with Crippen LogP contribution in [0.5, 0.6) is 0 Å². The lowest BCUT2D eigenvalue weighted by Gasteiger charge is -2.60. The van der Waals surface area contributed by atoms with Crippen LogP contribution in [0.2, 0.25) is 5.31 Å². The summed E-state index contributed by atoms with van der Waals surface area (Å²) in [7, 11) is 8.84. The summed E-state index contributed by atoms with van der Waals surface area (Å²) in [5.74, 6) is 1.57. The highest BCUT2D eigenvalue weighted by Crippen LogP contribution is 2.58. The third-order valence-electron chi connectivity index (χ3n) is 6.31. The van der Waals surface area contributed by atoms with Gasteiger partial charge in [0.25, 0.3) is 0 Å². The van der Waals surface area contributed by atoms with Gasteiger partial charge in [-0.1, -0.05) is 38.9 Å². The van der Waals surface area contributed by atoms with Crippen molar-refractivity contribution < 1.29 is 4.74 Å². The summed E-state index contributed by atoms with van der Waals surface area (Å²) in [6.45, 7) is 10.2. The van der Waals surface area contributed by atoms with Crippen molar-refractivity contribution in [1.29, 1.82) is 0 Å². The first kappa shape index (κ1) is 13.9. The molecule has 19 heavy (non-hydrogen) atoms. The van der Waals surface area contributed by atoms with Gasteiger partial charge in [-0.25, -0.2) is 0 Å². The molecular weight excluding hydrogens is 233 g/mol. The molecule has 1 saturated carbocycles. The molecule has 0 aromatic heterocycles. The number of rotatable bonds is 0. The van der Waals surface area contributed by atoms with E-state index in [2.05, 4.69) is 32.7 Å². The topological polar surface area (TPSA) is 12.5 Å². The second-order valence-corrected chi connectivity index (χ2v) is 8.38. The van der Waals surface area contributed by atoms with Crippen LogP contribution in [-0.4, -0.2) is 45.1 Å². The second kappa shape index (κ2) is 4.24. The van der Waals surface area contributed by atoms with E-state index in [1.54, 1.807) is 0 Å². The monoisotopic (exact) mass is 261 g/mol. The molecule has 0 amide bonds. The average molecular weight is 261 g/mol. The number of piperidine rings is 1. The fourth-order valence-electron chi connectivity index (χ4n) is 5.31. The number of likely N-dealkylation sites (N-methyl/N-ethyl adjacent to an activating group) is 1. The van der Waals surface area contributed by atoms with Crippen LogP contribution in [0, 0.1) is 17.3 Å². The molecular formula is C16H28BNO. The van der Waals surface area contributed by atoms with E-state index in [0.29, 0.717) is 11.0 Å². The van der Waals surface area contributed by atoms with Crippen molar-refractivity contribution >= 4 is 7.85 Å². The molecule has 0 N–H and O–H groups in total.